The second-order valence-electron chi connectivity index (χ2n) is 3.08. The summed E-state index contributed by atoms with van der Waals surface area (Å²) in [7, 11) is 0. The van der Waals surface area contributed by atoms with Crippen molar-refractivity contribution >= 4 is 5.97 Å². The molecule has 0 rings (SSSR count). The largest absolute Gasteiger partial charge is 0.433 e. The predicted molar refractivity (Wildman–Crippen MR) is 57.1 cm³/mol. The summed E-state index contributed by atoms with van der Waals surface area (Å²) in [6.45, 7) is 12.3. The number of carbonyl (C=O) groups is 1. The molecule has 0 N–H and O–H groups in total. The molecule has 0 aliphatic carbocycles. The van der Waals surface area contributed by atoms with Crippen molar-refractivity contribution in [1.82, 2.24) is 0 Å². The van der Waals surface area contributed by atoms with Gasteiger partial charge in [0.1, 0.15) is 0 Å². The lowest BCUT2D eigenvalue weighted by Crippen LogP contribution is -2.25. The van der Waals surface area contributed by atoms with Gasteiger partial charge in [0.05, 0.1) is 6.61 Å². The zero-order valence-electron chi connectivity index (χ0n) is 9.49. The van der Waals surface area contributed by atoms with E-state index in [4.69, 9.17) is 14.2 Å². The van der Waals surface area contributed by atoms with Crippen molar-refractivity contribution < 1.29 is 19.0 Å². The molecule has 4 heteroatoms. The van der Waals surface area contributed by atoms with Crippen molar-refractivity contribution in [3.8, 4) is 0 Å². The Balaban J connectivity index is 3.81. The Hall–Kier alpha value is -1.13. The summed E-state index contributed by atoms with van der Waals surface area (Å²) in [5, 5.41) is 0. The molecule has 0 radical (unpaired) electrons. The Morgan fingerprint density at radius 3 is 2.47 bits per heavy atom. The Morgan fingerprint density at radius 2 is 2.00 bits per heavy atom. The molecule has 0 aromatic heterocycles. The minimum absolute atomic E-state index is 0.338. The molecule has 0 saturated heterocycles. The smallest absolute Gasteiger partial charge is 0.335 e. The fraction of sp³-hybridized carbons (Fsp3) is 0.545. The van der Waals surface area contributed by atoms with E-state index in [1.54, 1.807) is 26.8 Å². The Bertz CT molecular complexity index is 235. The molecule has 0 fully saturated rings. The van der Waals surface area contributed by atoms with Crippen LogP contribution in [0.1, 0.15) is 20.8 Å². The highest BCUT2D eigenvalue weighted by Crippen LogP contribution is 2.04. The topological polar surface area (TPSA) is 44.8 Å². The SMILES string of the molecule is C=CCOC(C)OC(C)OC(=O)C(=C)C. The average Bonchev–Trinajstić information content (AvgIpc) is 2.14. The third kappa shape index (κ3) is 6.88. The van der Waals surface area contributed by atoms with Crippen molar-refractivity contribution in [2.45, 2.75) is 33.4 Å². The fourth-order valence-corrected chi connectivity index (χ4v) is 0.792. The summed E-state index contributed by atoms with van der Waals surface area (Å²) in [4.78, 5) is 11.1. The molecule has 0 heterocycles. The Labute approximate surface area is 90.5 Å². The summed E-state index contributed by atoms with van der Waals surface area (Å²) >= 11 is 0. The number of hydrogen-bond acceptors (Lipinski definition) is 4. The van der Waals surface area contributed by atoms with Gasteiger partial charge in [0.25, 0.3) is 0 Å². The van der Waals surface area contributed by atoms with Gasteiger partial charge in [-0.1, -0.05) is 12.7 Å². The molecule has 0 saturated carbocycles. The van der Waals surface area contributed by atoms with Crippen LogP contribution in [0.25, 0.3) is 0 Å². The van der Waals surface area contributed by atoms with Gasteiger partial charge >= 0.3 is 5.97 Å². The summed E-state index contributed by atoms with van der Waals surface area (Å²) in [5.41, 5.74) is 0.338. The first-order valence-electron chi connectivity index (χ1n) is 4.71. The van der Waals surface area contributed by atoms with E-state index in [2.05, 4.69) is 13.2 Å². The van der Waals surface area contributed by atoms with Gasteiger partial charge in [0.2, 0.25) is 6.29 Å². The van der Waals surface area contributed by atoms with Gasteiger partial charge in [0.15, 0.2) is 6.29 Å². The monoisotopic (exact) mass is 214 g/mol. The molecule has 0 aromatic rings. The third-order valence-corrected chi connectivity index (χ3v) is 1.45. The van der Waals surface area contributed by atoms with Crippen LogP contribution in [-0.2, 0) is 19.0 Å². The second-order valence-corrected chi connectivity index (χ2v) is 3.08. The third-order valence-electron chi connectivity index (χ3n) is 1.45. The molecule has 15 heavy (non-hydrogen) atoms. The van der Waals surface area contributed by atoms with Gasteiger partial charge < -0.3 is 14.2 Å². The first-order valence-corrected chi connectivity index (χ1v) is 4.71. The molecule has 2 unspecified atom stereocenters. The van der Waals surface area contributed by atoms with E-state index in [0.717, 1.165) is 0 Å². The van der Waals surface area contributed by atoms with Crippen LogP contribution in [0, 0.1) is 0 Å². The van der Waals surface area contributed by atoms with E-state index in [0.29, 0.717) is 12.2 Å². The molecule has 0 spiro atoms. The number of ether oxygens (including phenoxy) is 3. The lowest BCUT2D eigenvalue weighted by Gasteiger charge is -2.19. The van der Waals surface area contributed by atoms with Crippen LogP contribution in [0.2, 0.25) is 0 Å². The average molecular weight is 214 g/mol. The maximum atomic E-state index is 11.1. The van der Waals surface area contributed by atoms with Crippen LogP contribution < -0.4 is 0 Å². The van der Waals surface area contributed by atoms with Gasteiger partial charge in [-0.25, -0.2) is 4.79 Å². The molecule has 0 aliphatic heterocycles. The van der Waals surface area contributed by atoms with Crippen LogP contribution in [-0.4, -0.2) is 25.2 Å². The number of hydrogen-bond donors (Lipinski definition) is 0. The minimum Gasteiger partial charge on any atom is -0.433 e. The summed E-state index contributed by atoms with van der Waals surface area (Å²) in [5.74, 6) is -0.474. The fourth-order valence-electron chi connectivity index (χ4n) is 0.792. The quantitative estimate of drug-likeness (QED) is 0.281. The van der Waals surface area contributed by atoms with Crippen LogP contribution in [0.5, 0.6) is 0 Å². The number of carbonyl (C=O) groups excluding carboxylic acids is 1. The number of esters is 1. The van der Waals surface area contributed by atoms with Crippen LogP contribution >= 0.6 is 0 Å². The van der Waals surface area contributed by atoms with E-state index in [-0.39, 0.29) is 0 Å². The van der Waals surface area contributed by atoms with Gasteiger partial charge in [-0.2, -0.15) is 0 Å². The van der Waals surface area contributed by atoms with Crippen molar-refractivity contribution in [1.29, 1.82) is 0 Å². The van der Waals surface area contributed by atoms with Crippen LogP contribution in [0.15, 0.2) is 24.8 Å². The summed E-state index contributed by atoms with van der Waals surface area (Å²) in [6, 6.07) is 0. The Kier molecular flexibility index (Phi) is 6.66. The number of rotatable bonds is 7. The molecule has 4 nitrogen and oxygen atoms in total. The highest BCUT2D eigenvalue weighted by Gasteiger charge is 2.13. The predicted octanol–water partition coefficient (Wildman–Crippen LogP) is 2.02. The zero-order chi connectivity index (χ0) is 11.8. The van der Waals surface area contributed by atoms with Gasteiger partial charge in [0, 0.05) is 5.57 Å². The first kappa shape index (κ1) is 13.9. The standard InChI is InChI=1S/C11H18O4/c1-6-7-13-9(4)14-10(5)15-11(12)8(2)3/h6,9-10H,1-2,7H2,3-5H3. The molecule has 0 aliphatic rings. The molecule has 2 atom stereocenters. The summed E-state index contributed by atoms with van der Waals surface area (Å²) in [6.07, 6.45) is 0.509. The Morgan fingerprint density at radius 1 is 1.40 bits per heavy atom. The van der Waals surface area contributed by atoms with Gasteiger partial charge in [-0.3, -0.25) is 0 Å². The van der Waals surface area contributed by atoms with Crippen molar-refractivity contribution in [2.75, 3.05) is 6.61 Å². The van der Waals surface area contributed by atoms with Gasteiger partial charge in [-0.05, 0) is 20.8 Å². The van der Waals surface area contributed by atoms with Crippen molar-refractivity contribution in [2.24, 2.45) is 0 Å². The van der Waals surface area contributed by atoms with E-state index in [9.17, 15) is 4.79 Å². The molecular weight excluding hydrogens is 196 g/mol. The highest BCUT2D eigenvalue weighted by molar-refractivity contribution is 5.86. The van der Waals surface area contributed by atoms with Crippen LogP contribution in [0.4, 0.5) is 0 Å². The summed E-state index contributed by atoms with van der Waals surface area (Å²) < 4.78 is 15.3. The van der Waals surface area contributed by atoms with E-state index in [1.165, 1.54) is 0 Å². The van der Waals surface area contributed by atoms with Crippen molar-refractivity contribution in [3.63, 3.8) is 0 Å². The van der Waals surface area contributed by atoms with E-state index < -0.39 is 18.5 Å². The maximum absolute atomic E-state index is 11.1. The van der Waals surface area contributed by atoms with E-state index >= 15 is 0 Å². The van der Waals surface area contributed by atoms with E-state index in [1.807, 2.05) is 0 Å². The first-order chi connectivity index (χ1) is 6.97. The van der Waals surface area contributed by atoms with Gasteiger partial charge in [-0.15, -0.1) is 6.58 Å². The molecule has 0 bridgehead atoms. The highest BCUT2D eigenvalue weighted by atomic mass is 16.8. The molecular formula is C11H18O4. The van der Waals surface area contributed by atoms with Crippen molar-refractivity contribution in [3.05, 3.63) is 24.8 Å². The van der Waals surface area contributed by atoms with Crippen LogP contribution in [0.3, 0.4) is 0 Å². The lowest BCUT2D eigenvalue weighted by molar-refractivity contribution is -0.224. The second kappa shape index (κ2) is 7.20. The molecule has 86 valence electrons. The molecule has 0 aromatic carbocycles. The molecule has 0 amide bonds. The lowest BCUT2D eigenvalue weighted by atomic mass is 10.4. The minimum atomic E-state index is -0.658. The normalized spacial score (nSPS) is 14.1. The maximum Gasteiger partial charge on any atom is 0.335 e. The zero-order valence-corrected chi connectivity index (χ0v) is 9.49.